The predicted octanol–water partition coefficient (Wildman–Crippen LogP) is 1.73. The molecule has 7 heteroatoms. The lowest BCUT2D eigenvalue weighted by Crippen LogP contribution is -2.48. The Hall–Kier alpha value is -1.89. The number of hydrogen-bond donors (Lipinski definition) is 1. The molecule has 2 aliphatic rings. The highest BCUT2D eigenvalue weighted by Gasteiger charge is 2.46. The van der Waals surface area contributed by atoms with Crippen LogP contribution in [-0.2, 0) is 11.8 Å². The lowest BCUT2D eigenvalue weighted by molar-refractivity contribution is 0.00205. The molecular formula is C16H24N6O. The number of aryl methyl sites for hydroxylation is 1. The van der Waals surface area contributed by atoms with Crippen LogP contribution in [0.4, 0.5) is 11.8 Å². The smallest absolute Gasteiger partial charge is 0.229 e. The average Bonchev–Trinajstić information content (AvgIpc) is 3.12. The van der Waals surface area contributed by atoms with Crippen LogP contribution in [0.2, 0.25) is 0 Å². The van der Waals surface area contributed by atoms with Crippen LogP contribution in [0.5, 0.6) is 0 Å². The van der Waals surface area contributed by atoms with Crippen LogP contribution in [0.15, 0.2) is 6.20 Å². The molecule has 2 aromatic heterocycles. The summed E-state index contributed by atoms with van der Waals surface area (Å²) in [6, 6.07) is 0. The molecule has 2 N–H and O–H groups in total. The zero-order valence-corrected chi connectivity index (χ0v) is 13.8. The normalized spacial score (nSPS) is 28.1. The van der Waals surface area contributed by atoms with Gasteiger partial charge < -0.3 is 15.4 Å². The van der Waals surface area contributed by atoms with E-state index in [4.69, 9.17) is 15.5 Å². The number of nitrogens with two attached hydrogens (primary N) is 1. The molecule has 1 spiro atoms. The summed E-state index contributed by atoms with van der Waals surface area (Å²) >= 11 is 0. The van der Waals surface area contributed by atoms with E-state index < -0.39 is 0 Å². The molecule has 1 aliphatic heterocycles. The first kappa shape index (κ1) is 14.7. The van der Waals surface area contributed by atoms with Crippen LogP contribution in [-0.4, -0.2) is 46.1 Å². The topological polar surface area (TPSA) is 82.1 Å². The number of aromatic nitrogens is 4. The fourth-order valence-electron chi connectivity index (χ4n) is 4.45. The fourth-order valence-corrected chi connectivity index (χ4v) is 4.45. The van der Waals surface area contributed by atoms with Crippen molar-refractivity contribution in [2.45, 2.75) is 38.2 Å². The van der Waals surface area contributed by atoms with Gasteiger partial charge >= 0.3 is 0 Å². The molecular weight excluding hydrogens is 292 g/mol. The lowest BCUT2D eigenvalue weighted by atomic mass is 9.76. The number of ether oxygens (including phenoxy) is 1. The van der Waals surface area contributed by atoms with Gasteiger partial charge in [0.05, 0.1) is 17.7 Å². The minimum atomic E-state index is 0.243. The third-order valence-electron chi connectivity index (χ3n) is 5.61. The Labute approximate surface area is 135 Å². The maximum Gasteiger partial charge on any atom is 0.229 e. The van der Waals surface area contributed by atoms with Gasteiger partial charge in [-0.05, 0) is 25.7 Å². The number of piperidine rings is 1. The molecule has 2 fully saturated rings. The molecule has 0 bridgehead atoms. The van der Waals surface area contributed by atoms with E-state index in [0.29, 0.717) is 11.9 Å². The summed E-state index contributed by atoms with van der Waals surface area (Å²) in [5, 5.41) is 5.05. The molecule has 0 radical (unpaired) electrons. The summed E-state index contributed by atoms with van der Waals surface area (Å²) in [4.78, 5) is 11.5. The van der Waals surface area contributed by atoms with Gasteiger partial charge in [-0.3, -0.25) is 4.68 Å². The minimum absolute atomic E-state index is 0.243. The second-order valence-electron chi connectivity index (χ2n) is 6.92. The second-order valence-corrected chi connectivity index (χ2v) is 6.92. The van der Waals surface area contributed by atoms with Crippen molar-refractivity contribution in [3.63, 3.8) is 0 Å². The van der Waals surface area contributed by atoms with Gasteiger partial charge in [0.25, 0.3) is 0 Å². The summed E-state index contributed by atoms with van der Waals surface area (Å²) in [7, 11) is 3.72. The Balaban J connectivity index is 1.69. The van der Waals surface area contributed by atoms with Crippen LogP contribution in [0, 0.1) is 5.41 Å². The Bertz CT molecular complexity index is 729. The molecule has 23 heavy (non-hydrogen) atoms. The molecule has 1 aliphatic carbocycles. The number of rotatable bonds is 2. The molecule has 2 aromatic rings. The van der Waals surface area contributed by atoms with E-state index in [1.54, 1.807) is 10.9 Å². The summed E-state index contributed by atoms with van der Waals surface area (Å²) in [5.74, 6) is 1.23. The highest BCUT2D eigenvalue weighted by atomic mass is 16.5. The lowest BCUT2D eigenvalue weighted by Gasteiger charge is -2.43. The highest BCUT2D eigenvalue weighted by Crippen LogP contribution is 2.46. The number of methoxy groups -OCH3 is 1. The SMILES string of the molecule is CO[C@@H]1CCC[C@@]12CCCN(c1nc(N)c3cnn(C)c3n1)C2. The number of nitrogens with zero attached hydrogens (tertiary/aromatic N) is 5. The van der Waals surface area contributed by atoms with Crippen LogP contribution < -0.4 is 10.6 Å². The van der Waals surface area contributed by atoms with E-state index in [2.05, 4.69) is 15.0 Å². The van der Waals surface area contributed by atoms with Crippen molar-refractivity contribution in [2.75, 3.05) is 30.8 Å². The quantitative estimate of drug-likeness (QED) is 0.908. The van der Waals surface area contributed by atoms with E-state index in [1.165, 1.54) is 19.3 Å². The molecule has 4 rings (SSSR count). The van der Waals surface area contributed by atoms with Gasteiger partial charge in [-0.25, -0.2) is 0 Å². The summed E-state index contributed by atoms with van der Waals surface area (Å²) in [6.45, 7) is 1.93. The maximum absolute atomic E-state index is 6.12. The second kappa shape index (κ2) is 5.33. The first-order chi connectivity index (χ1) is 11.1. The van der Waals surface area contributed by atoms with Gasteiger partial charge in [-0.15, -0.1) is 0 Å². The van der Waals surface area contributed by atoms with Gasteiger partial charge in [0.15, 0.2) is 5.65 Å². The van der Waals surface area contributed by atoms with Gasteiger partial charge in [0.1, 0.15) is 5.82 Å². The Kier molecular flexibility index (Phi) is 3.41. The zero-order valence-electron chi connectivity index (χ0n) is 13.8. The molecule has 3 heterocycles. The zero-order chi connectivity index (χ0) is 16.0. The Morgan fingerprint density at radius 2 is 2.13 bits per heavy atom. The standard InChI is InChI=1S/C16H24N6O/c1-21-14-11(9-18-21)13(17)19-15(20-14)22-8-4-7-16(10-22)6-3-5-12(16)23-2/h9,12H,3-8,10H2,1-2H3,(H2,17,19,20)/t12-,16+/m1/s1. The predicted molar refractivity (Wildman–Crippen MR) is 89.2 cm³/mol. The first-order valence-corrected chi connectivity index (χ1v) is 8.36. The molecule has 1 saturated heterocycles. The highest BCUT2D eigenvalue weighted by molar-refractivity contribution is 5.86. The number of nitrogen functional groups attached to an aromatic ring is 1. The van der Waals surface area contributed by atoms with Crippen LogP contribution >= 0.6 is 0 Å². The molecule has 2 atom stereocenters. The van der Waals surface area contributed by atoms with Crippen LogP contribution in [0.3, 0.4) is 0 Å². The summed E-state index contributed by atoms with van der Waals surface area (Å²) < 4.78 is 7.54. The largest absolute Gasteiger partial charge is 0.383 e. The molecule has 124 valence electrons. The van der Waals surface area contributed by atoms with Crippen molar-refractivity contribution in [1.29, 1.82) is 0 Å². The van der Waals surface area contributed by atoms with Crippen molar-refractivity contribution in [3.05, 3.63) is 6.20 Å². The first-order valence-electron chi connectivity index (χ1n) is 8.36. The van der Waals surface area contributed by atoms with Crippen molar-refractivity contribution >= 4 is 22.8 Å². The number of fused-ring (bicyclic) bond motifs is 1. The van der Waals surface area contributed by atoms with E-state index >= 15 is 0 Å². The monoisotopic (exact) mass is 316 g/mol. The third kappa shape index (κ3) is 2.25. The summed E-state index contributed by atoms with van der Waals surface area (Å²) in [6.07, 6.45) is 8.08. The van der Waals surface area contributed by atoms with E-state index in [-0.39, 0.29) is 5.41 Å². The van der Waals surface area contributed by atoms with Crippen molar-refractivity contribution in [2.24, 2.45) is 12.5 Å². The van der Waals surface area contributed by atoms with Crippen molar-refractivity contribution in [3.8, 4) is 0 Å². The third-order valence-corrected chi connectivity index (χ3v) is 5.61. The summed E-state index contributed by atoms with van der Waals surface area (Å²) in [5.41, 5.74) is 7.16. The van der Waals surface area contributed by atoms with Gasteiger partial charge in [0.2, 0.25) is 5.95 Å². The Morgan fingerprint density at radius 1 is 1.30 bits per heavy atom. The van der Waals surface area contributed by atoms with Gasteiger partial charge in [-0.2, -0.15) is 15.1 Å². The van der Waals surface area contributed by atoms with E-state index in [9.17, 15) is 0 Å². The molecule has 7 nitrogen and oxygen atoms in total. The molecule has 0 amide bonds. The minimum Gasteiger partial charge on any atom is -0.383 e. The maximum atomic E-state index is 6.12. The average molecular weight is 316 g/mol. The van der Waals surface area contributed by atoms with Gasteiger partial charge in [-0.1, -0.05) is 6.42 Å². The number of hydrogen-bond acceptors (Lipinski definition) is 6. The van der Waals surface area contributed by atoms with Gasteiger partial charge in [0, 0.05) is 32.7 Å². The van der Waals surface area contributed by atoms with E-state index in [0.717, 1.165) is 42.9 Å². The molecule has 1 saturated carbocycles. The van der Waals surface area contributed by atoms with Crippen molar-refractivity contribution < 1.29 is 4.74 Å². The molecule has 0 unspecified atom stereocenters. The fraction of sp³-hybridized carbons (Fsp3) is 0.688. The van der Waals surface area contributed by atoms with Crippen LogP contribution in [0.25, 0.3) is 11.0 Å². The Morgan fingerprint density at radius 3 is 2.96 bits per heavy atom. The molecule has 0 aromatic carbocycles. The van der Waals surface area contributed by atoms with Crippen LogP contribution in [0.1, 0.15) is 32.1 Å². The van der Waals surface area contributed by atoms with E-state index in [1.807, 2.05) is 14.2 Å². The van der Waals surface area contributed by atoms with Crippen molar-refractivity contribution in [1.82, 2.24) is 19.7 Å². The number of anilines is 2.